The molecule has 0 aliphatic carbocycles. The molecule has 1 aromatic carbocycles. The molecule has 3 rings (SSSR count). The van der Waals surface area contributed by atoms with E-state index in [1.54, 1.807) is 42.1 Å². The molecule has 146 valence electrons. The highest BCUT2D eigenvalue weighted by molar-refractivity contribution is 8.01. The van der Waals surface area contributed by atoms with Crippen molar-refractivity contribution in [3.05, 3.63) is 30.3 Å². The predicted molar refractivity (Wildman–Crippen MR) is 107 cm³/mol. The van der Waals surface area contributed by atoms with Gasteiger partial charge in [-0.2, -0.15) is 4.31 Å². The number of amides is 1. The summed E-state index contributed by atoms with van der Waals surface area (Å²) in [5, 5.41) is 11.7. The Bertz CT molecular complexity index is 884. The third-order valence-corrected chi connectivity index (χ3v) is 7.92. The lowest BCUT2D eigenvalue weighted by Crippen LogP contribution is -2.43. The quantitative estimate of drug-likeness (QED) is 0.564. The van der Waals surface area contributed by atoms with Crippen LogP contribution in [0.25, 0.3) is 0 Å². The van der Waals surface area contributed by atoms with Crippen LogP contribution in [0.4, 0.5) is 5.13 Å². The number of rotatable bonds is 6. The number of anilines is 1. The van der Waals surface area contributed by atoms with Gasteiger partial charge in [-0.05, 0) is 25.0 Å². The third kappa shape index (κ3) is 5.07. The molecule has 0 spiro atoms. The average Bonchev–Trinajstić information content (AvgIpc) is 3.08. The zero-order chi connectivity index (χ0) is 19.4. The van der Waals surface area contributed by atoms with E-state index in [0.717, 1.165) is 4.34 Å². The minimum absolute atomic E-state index is 0.176. The van der Waals surface area contributed by atoms with Gasteiger partial charge in [0.25, 0.3) is 0 Å². The van der Waals surface area contributed by atoms with E-state index in [0.29, 0.717) is 29.8 Å². The first-order valence-electron chi connectivity index (χ1n) is 8.72. The molecule has 1 unspecified atom stereocenters. The van der Waals surface area contributed by atoms with Crippen LogP contribution in [-0.4, -0.2) is 47.2 Å². The highest BCUT2D eigenvalue weighted by Crippen LogP contribution is 2.29. The second-order valence-corrected chi connectivity index (χ2v) is 11.3. The summed E-state index contributed by atoms with van der Waals surface area (Å²) in [7, 11) is -3.59. The molecule has 1 N–H and O–H groups in total. The lowest BCUT2D eigenvalue weighted by molar-refractivity contribution is -0.120. The van der Waals surface area contributed by atoms with Crippen LogP contribution in [0.15, 0.2) is 39.6 Å². The Morgan fingerprint density at radius 2 is 2.04 bits per heavy atom. The molecule has 0 saturated carbocycles. The number of piperidine rings is 1. The maximum absolute atomic E-state index is 12.8. The summed E-state index contributed by atoms with van der Waals surface area (Å²) in [6.45, 7) is 4.73. The topological polar surface area (TPSA) is 92.3 Å². The maximum Gasteiger partial charge on any atom is 0.243 e. The minimum Gasteiger partial charge on any atom is -0.300 e. The van der Waals surface area contributed by atoms with Gasteiger partial charge in [-0.25, -0.2) is 8.42 Å². The van der Waals surface area contributed by atoms with Crippen molar-refractivity contribution in [2.75, 3.05) is 18.4 Å². The summed E-state index contributed by atoms with van der Waals surface area (Å²) in [5.41, 5.74) is 0. The Morgan fingerprint density at radius 3 is 2.74 bits per heavy atom. The summed E-state index contributed by atoms with van der Waals surface area (Å²) in [6, 6.07) is 8.33. The maximum atomic E-state index is 12.8. The number of carbonyl (C=O) groups excluding carboxylic acids is 1. The first-order valence-corrected chi connectivity index (χ1v) is 11.9. The monoisotopic (exact) mass is 426 g/mol. The van der Waals surface area contributed by atoms with Gasteiger partial charge in [0, 0.05) is 18.3 Å². The van der Waals surface area contributed by atoms with Crippen molar-refractivity contribution in [2.45, 2.75) is 41.2 Å². The Labute approximate surface area is 167 Å². The van der Waals surface area contributed by atoms with Gasteiger partial charge in [-0.1, -0.05) is 55.1 Å². The van der Waals surface area contributed by atoms with E-state index < -0.39 is 15.9 Å². The molecule has 2 heterocycles. The molecule has 27 heavy (non-hydrogen) atoms. The van der Waals surface area contributed by atoms with Crippen LogP contribution in [-0.2, 0) is 14.8 Å². The molecule has 1 amide bonds. The number of nitrogens with one attached hydrogen (secondary N) is 1. The van der Waals surface area contributed by atoms with Crippen molar-refractivity contribution < 1.29 is 13.2 Å². The Kier molecular flexibility index (Phi) is 6.51. The van der Waals surface area contributed by atoms with E-state index in [-0.39, 0.29) is 17.3 Å². The fourth-order valence-corrected chi connectivity index (χ4v) is 6.36. The van der Waals surface area contributed by atoms with Crippen molar-refractivity contribution in [2.24, 2.45) is 5.92 Å². The van der Waals surface area contributed by atoms with Gasteiger partial charge < -0.3 is 5.32 Å². The van der Waals surface area contributed by atoms with E-state index in [4.69, 9.17) is 0 Å². The van der Waals surface area contributed by atoms with Gasteiger partial charge in [0.2, 0.25) is 21.1 Å². The fourth-order valence-electron chi connectivity index (χ4n) is 2.83. The van der Waals surface area contributed by atoms with Crippen molar-refractivity contribution in [3.63, 3.8) is 0 Å². The second kappa shape index (κ2) is 8.68. The Balaban J connectivity index is 1.65. The number of hydrogen-bond donors (Lipinski definition) is 1. The number of benzene rings is 1. The SMILES string of the molecule is CC(C)Sc1nnc(NC(=O)C2CCCN(S(=O)(=O)c3ccccc3)C2)s1. The van der Waals surface area contributed by atoms with Gasteiger partial charge in [0.15, 0.2) is 4.34 Å². The van der Waals surface area contributed by atoms with E-state index >= 15 is 0 Å². The smallest absolute Gasteiger partial charge is 0.243 e. The summed E-state index contributed by atoms with van der Waals surface area (Å²) in [4.78, 5) is 12.9. The van der Waals surface area contributed by atoms with E-state index in [9.17, 15) is 13.2 Å². The molecule has 0 bridgehead atoms. The lowest BCUT2D eigenvalue weighted by atomic mass is 9.99. The van der Waals surface area contributed by atoms with Gasteiger partial charge in [-0.15, -0.1) is 10.2 Å². The molecule has 1 aromatic heterocycles. The highest BCUT2D eigenvalue weighted by atomic mass is 32.2. The number of aromatic nitrogens is 2. The van der Waals surface area contributed by atoms with E-state index in [1.807, 2.05) is 0 Å². The van der Waals surface area contributed by atoms with Gasteiger partial charge in [-0.3, -0.25) is 4.79 Å². The van der Waals surface area contributed by atoms with Gasteiger partial charge >= 0.3 is 0 Å². The first kappa shape index (κ1) is 20.2. The van der Waals surface area contributed by atoms with Crippen molar-refractivity contribution in [1.29, 1.82) is 0 Å². The zero-order valence-electron chi connectivity index (χ0n) is 15.2. The number of carbonyl (C=O) groups is 1. The standard InChI is InChI=1S/C17H22N4O3S3/c1-12(2)25-17-20-19-16(26-17)18-15(22)13-7-6-10-21(11-13)27(23,24)14-8-4-3-5-9-14/h3-5,8-9,12-13H,6-7,10-11H2,1-2H3,(H,18,19,22). The summed E-state index contributed by atoms with van der Waals surface area (Å²) in [5.74, 6) is -0.609. The van der Waals surface area contributed by atoms with Crippen molar-refractivity contribution in [1.82, 2.24) is 14.5 Å². The van der Waals surface area contributed by atoms with Crippen LogP contribution in [0.2, 0.25) is 0 Å². The molecule has 10 heteroatoms. The van der Waals surface area contributed by atoms with Gasteiger partial charge in [0.1, 0.15) is 0 Å². The summed E-state index contributed by atoms with van der Waals surface area (Å²) in [6.07, 6.45) is 1.30. The predicted octanol–water partition coefficient (Wildman–Crippen LogP) is 3.08. The molecular weight excluding hydrogens is 404 g/mol. The molecule has 1 fully saturated rings. The average molecular weight is 427 g/mol. The van der Waals surface area contributed by atoms with Crippen LogP contribution >= 0.6 is 23.1 Å². The van der Waals surface area contributed by atoms with Crippen LogP contribution in [0.1, 0.15) is 26.7 Å². The number of sulfonamides is 1. The van der Waals surface area contributed by atoms with Gasteiger partial charge in [0.05, 0.1) is 10.8 Å². The molecule has 0 radical (unpaired) electrons. The van der Waals surface area contributed by atoms with E-state index in [1.165, 1.54) is 15.6 Å². The number of thioether (sulfide) groups is 1. The number of nitrogens with zero attached hydrogens (tertiary/aromatic N) is 3. The van der Waals surface area contributed by atoms with Crippen LogP contribution in [0.3, 0.4) is 0 Å². The minimum atomic E-state index is -3.59. The molecule has 1 aliphatic rings. The highest BCUT2D eigenvalue weighted by Gasteiger charge is 2.33. The Morgan fingerprint density at radius 1 is 1.30 bits per heavy atom. The summed E-state index contributed by atoms with van der Waals surface area (Å²) < 4.78 is 27.8. The number of hydrogen-bond acceptors (Lipinski definition) is 7. The summed E-state index contributed by atoms with van der Waals surface area (Å²) >= 11 is 2.92. The zero-order valence-corrected chi connectivity index (χ0v) is 17.6. The first-order chi connectivity index (χ1) is 12.9. The third-order valence-electron chi connectivity index (χ3n) is 4.11. The van der Waals surface area contributed by atoms with E-state index in [2.05, 4.69) is 29.4 Å². The molecule has 1 atom stereocenters. The molecule has 1 saturated heterocycles. The largest absolute Gasteiger partial charge is 0.300 e. The van der Waals surface area contributed by atoms with Crippen molar-refractivity contribution in [3.8, 4) is 0 Å². The normalized spacial score (nSPS) is 18.6. The molecule has 2 aromatic rings. The lowest BCUT2D eigenvalue weighted by Gasteiger charge is -2.31. The van der Waals surface area contributed by atoms with Crippen LogP contribution < -0.4 is 5.32 Å². The van der Waals surface area contributed by atoms with Crippen molar-refractivity contribution >= 4 is 44.2 Å². The fraction of sp³-hybridized carbons (Fsp3) is 0.471. The Hall–Kier alpha value is -1.49. The molecule has 7 nitrogen and oxygen atoms in total. The molecular formula is C17H22N4O3S3. The second-order valence-electron chi connectivity index (χ2n) is 6.54. The molecule has 1 aliphatic heterocycles. The van der Waals surface area contributed by atoms with Crippen LogP contribution in [0, 0.1) is 5.92 Å². The van der Waals surface area contributed by atoms with Crippen LogP contribution in [0.5, 0.6) is 0 Å².